The first kappa shape index (κ1) is 17.5. The summed E-state index contributed by atoms with van der Waals surface area (Å²) in [6.07, 6.45) is 0. The second kappa shape index (κ2) is 8.01. The van der Waals surface area contributed by atoms with Crippen molar-refractivity contribution in [2.24, 2.45) is 0 Å². The predicted molar refractivity (Wildman–Crippen MR) is 92.7 cm³/mol. The van der Waals surface area contributed by atoms with Gasteiger partial charge in [-0.05, 0) is 65.7 Å². The third kappa shape index (κ3) is 4.47. The van der Waals surface area contributed by atoms with Gasteiger partial charge in [-0.1, -0.05) is 15.9 Å². The number of hydrogen-bond acceptors (Lipinski definition) is 3. The van der Waals surface area contributed by atoms with Crippen LogP contribution in [0.5, 0.6) is 0 Å². The quantitative estimate of drug-likeness (QED) is 0.818. The number of nitrogens with zero attached hydrogens (tertiary/aromatic N) is 2. The minimum atomic E-state index is 0.336. The molecule has 1 aromatic carbocycles. The maximum absolute atomic E-state index is 3.59. The molecule has 0 amide bonds. The van der Waals surface area contributed by atoms with Crippen LogP contribution in [0.2, 0.25) is 0 Å². The Morgan fingerprint density at radius 1 is 1.25 bits per heavy atom. The molecule has 0 aliphatic rings. The summed E-state index contributed by atoms with van der Waals surface area (Å²) in [5.74, 6) is 0. The van der Waals surface area contributed by atoms with E-state index in [0.717, 1.165) is 17.6 Å². The normalized spacial score (nSPS) is 14.4. The van der Waals surface area contributed by atoms with Gasteiger partial charge in [0.2, 0.25) is 0 Å². The van der Waals surface area contributed by atoms with E-state index in [1.807, 2.05) is 7.05 Å². The molecule has 0 bridgehead atoms. The molecule has 0 aliphatic heterocycles. The van der Waals surface area contributed by atoms with E-state index >= 15 is 0 Å². The third-order valence-electron chi connectivity index (χ3n) is 3.70. The van der Waals surface area contributed by atoms with E-state index in [1.54, 1.807) is 0 Å². The lowest BCUT2D eigenvalue weighted by Crippen LogP contribution is -2.40. The fraction of sp³-hybridized carbons (Fsp3) is 0.625. The first-order chi connectivity index (χ1) is 9.40. The van der Waals surface area contributed by atoms with Crippen molar-refractivity contribution in [3.05, 3.63) is 28.2 Å². The molecule has 0 radical (unpaired) electrons. The Hall–Kier alpha value is -0.580. The molecule has 0 aliphatic carbocycles. The van der Waals surface area contributed by atoms with E-state index in [9.17, 15) is 0 Å². The van der Waals surface area contributed by atoms with Crippen molar-refractivity contribution in [2.45, 2.75) is 32.9 Å². The molecule has 1 rings (SSSR count). The summed E-state index contributed by atoms with van der Waals surface area (Å²) < 4.78 is 1.13. The summed E-state index contributed by atoms with van der Waals surface area (Å²) in [5, 5.41) is 3.35. The van der Waals surface area contributed by atoms with E-state index in [-0.39, 0.29) is 0 Å². The van der Waals surface area contributed by atoms with Gasteiger partial charge in [-0.25, -0.2) is 0 Å². The Morgan fingerprint density at radius 3 is 2.40 bits per heavy atom. The number of anilines is 1. The van der Waals surface area contributed by atoms with Crippen LogP contribution in [0.15, 0.2) is 22.7 Å². The molecule has 0 fully saturated rings. The first-order valence-electron chi connectivity index (χ1n) is 7.28. The van der Waals surface area contributed by atoms with Crippen LogP contribution in [-0.2, 0) is 0 Å². The van der Waals surface area contributed by atoms with Crippen LogP contribution in [0.25, 0.3) is 0 Å². The minimum Gasteiger partial charge on any atom is -0.368 e. The van der Waals surface area contributed by atoms with Gasteiger partial charge in [-0.3, -0.25) is 0 Å². The van der Waals surface area contributed by atoms with Crippen molar-refractivity contribution in [1.29, 1.82) is 0 Å². The summed E-state index contributed by atoms with van der Waals surface area (Å²) >= 11 is 3.59. The van der Waals surface area contributed by atoms with Crippen molar-refractivity contribution in [3.63, 3.8) is 0 Å². The van der Waals surface area contributed by atoms with E-state index in [4.69, 9.17) is 0 Å². The predicted octanol–water partition coefficient (Wildman–Crippen LogP) is 3.51. The first-order valence-corrected chi connectivity index (χ1v) is 8.08. The highest BCUT2D eigenvalue weighted by molar-refractivity contribution is 9.10. The van der Waals surface area contributed by atoms with Gasteiger partial charge in [0.05, 0.1) is 0 Å². The molecule has 0 aromatic heterocycles. The molecule has 114 valence electrons. The fourth-order valence-electron chi connectivity index (χ4n) is 2.64. The highest BCUT2D eigenvalue weighted by Gasteiger charge is 2.19. The molecule has 2 unspecified atom stereocenters. The fourth-order valence-corrected chi connectivity index (χ4v) is 3.01. The average Bonchev–Trinajstić information content (AvgIpc) is 2.39. The highest BCUT2D eigenvalue weighted by Crippen LogP contribution is 2.30. The van der Waals surface area contributed by atoms with Crippen LogP contribution in [-0.4, -0.2) is 45.2 Å². The van der Waals surface area contributed by atoms with E-state index in [2.05, 4.69) is 84.1 Å². The molecule has 4 heteroatoms. The third-order valence-corrected chi connectivity index (χ3v) is 4.19. The maximum atomic E-state index is 3.59. The van der Waals surface area contributed by atoms with Gasteiger partial charge < -0.3 is 15.1 Å². The summed E-state index contributed by atoms with van der Waals surface area (Å²) in [7, 11) is 6.26. The van der Waals surface area contributed by atoms with Gasteiger partial charge in [0, 0.05) is 35.3 Å². The zero-order chi connectivity index (χ0) is 15.3. The van der Waals surface area contributed by atoms with Gasteiger partial charge in [-0.2, -0.15) is 0 Å². The van der Waals surface area contributed by atoms with Crippen molar-refractivity contribution in [3.8, 4) is 0 Å². The topological polar surface area (TPSA) is 18.5 Å². The van der Waals surface area contributed by atoms with E-state index in [0.29, 0.717) is 12.1 Å². The molecule has 20 heavy (non-hydrogen) atoms. The number of nitrogens with one attached hydrogen (secondary N) is 1. The molecule has 0 saturated heterocycles. The molecular formula is C16H28BrN3. The van der Waals surface area contributed by atoms with Crippen molar-refractivity contribution in [2.75, 3.05) is 39.1 Å². The number of hydrogen-bond donors (Lipinski definition) is 1. The van der Waals surface area contributed by atoms with Crippen LogP contribution in [0.1, 0.15) is 32.4 Å². The number of halogens is 1. The largest absolute Gasteiger partial charge is 0.368 e. The Labute approximate surface area is 132 Å². The maximum Gasteiger partial charge on any atom is 0.0418 e. The Bertz CT molecular complexity index is 420. The number of likely N-dealkylation sites (N-methyl/N-ethyl adjacent to an activating group) is 2. The molecule has 1 N–H and O–H groups in total. The second-order valence-corrected chi connectivity index (χ2v) is 6.53. The van der Waals surface area contributed by atoms with E-state index < -0.39 is 0 Å². The summed E-state index contributed by atoms with van der Waals surface area (Å²) in [6, 6.07) is 7.40. The van der Waals surface area contributed by atoms with Crippen LogP contribution in [0.4, 0.5) is 5.69 Å². The summed E-state index contributed by atoms with van der Waals surface area (Å²) in [5.41, 5.74) is 2.67. The van der Waals surface area contributed by atoms with Gasteiger partial charge in [0.1, 0.15) is 0 Å². The molecular weight excluding hydrogens is 314 g/mol. The minimum absolute atomic E-state index is 0.336. The highest BCUT2D eigenvalue weighted by atomic mass is 79.9. The number of benzene rings is 1. The van der Waals surface area contributed by atoms with Crippen LogP contribution >= 0.6 is 15.9 Å². The van der Waals surface area contributed by atoms with Crippen LogP contribution < -0.4 is 10.2 Å². The van der Waals surface area contributed by atoms with Crippen molar-refractivity contribution in [1.82, 2.24) is 10.2 Å². The van der Waals surface area contributed by atoms with Gasteiger partial charge in [0.15, 0.2) is 0 Å². The standard InChI is InChI=1S/C16H28BrN3/c1-7-20(12(2)11-19(5)6)16-9-8-14(17)10-15(16)13(3)18-4/h8-10,12-13,18H,7,11H2,1-6H3. The van der Waals surface area contributed by atoms with E-state index in [1.165, 1.54) is 11.3 Å². The lowest BCUT2D eigenvalue weighted by atomic mass is 10.0. The molecule has 1 aromatic rings. The van der Waals surface area contributed by atoms with Crippen LogP contribution in [0, 0.1) is 0 Å². The molecule has 3 nitrogen and oxygen atoms in total. The monoisotopic (exact) mass is 341 g/mol. The molecule has 0 spiro atoms. The lowest BCUT2D eigenvalue weighted by Gasteiger charge is -2.34. The van der Waals surface area contributed by atoms with Crippen LogP contribution in [0.3, 0.4) is 0 Å². The second-order valence-electron chi connectivity index (χ2n) is 5.61. The van der Waals surface area contributed by atoms with Crippen molar-refractivity contribution < 1.29 is 0 Å². The smallest absolute Gasteiger partial charge is 0.0418 e. The van der Waals surface area contributed by atoms with Crippen molar-refractivity contribution >= 4 is 21.6 Å². The van der Waals surface area contributed by atoms with Gasteiger partial charge in [-0.15, -0.1) is 0 Å². The Kier molecular flexibility index (Phi) is 7.00. The number of rotatable bonds is 7. The molecule has 0 saturated carbocycles. The SMILES string of the molecule is CCN(c1ccc(Br)cc1C(C)NC)C(C)CN(C)C. The molecule has 0 heterocycles. The van der Waals surface area contributed by atoms with Gasteiger partial charge >= 0.3 is 0 Å². The summed E-state index contributed by atoms with van der Waals surface area (Å²) in [6.45, 7) is 8.79. The average molecular weight is 342 g/mol. The zero-order valence-electron chi connectivity index (χ0n) is 13.6. The summed E-state index contributed by atoms with van der Waals surface area (Å²) in [4.78, 5) is 4.73. The Balaban J connectivity index is 3.14. The Morgan fingerprint density at radius 2 is 1.90 bits per heavy atom. The molecule has 2 atom stereocenters. The lowest BCUT2D eigenvalue weighted by molar-refractivity contribution is 0.372. The van der Waals surface area contributed by atoms with Gasteiger partial charge in [0.25, 0.3) is 0 Å². The zero-order valence-corrected chi connectivity index (χ0v) is 15.2.